The third-order valence-electron chi connectivity index (χ3n) is 6.98. The van der Waals surface area contributed by atoms with E-state index in [-0.39, 0.29) is 18.7 Å². The highest BCUT2D eigenvalue weighted by molar-refractivity contribution is 5.83. The van der Waals surface area contributed by atoms with Crippen LogP contribution in [0.5, 0.6) is 0 Å². The first kappa shape index (κ1) is 23.5. The molecule has 190 valence electrons. The summed E-state index contributed by atoms with van der Waals surface area (Å²) in [7, 11) is 1.64. The van der Waals surface area contributed by atoms with Crippen LogP contribution in [0.1, 0.15) is 48.6 Å². The zero-order valence-corrected chi connectivity index (χ0v) is 20.8. The average Bonchev–Trinajstić information content (AvgIpc) is 3.51. The minimum absolute atomic E-state index is 0.254. The van der Waals surface area contributed by atoms with Crippen LogP contribution in [0, 0.1) is 12.7 Å². The Balaban J connectivity index is 1.65. The first-order chi connectivity index (χ1) is 18.1. The number of hydrogen-bond acceptors (Lipinski definition) is 7. The Bertz CT molecular complexity index is 1570. The van der Waals surface area contributed by atoms with Gasteiger partial charge in [-0.05, 0) is 50.5 Å². The molecule has 3 aromatic heterocycles. The zero-order chi connectivity index (χ0) is 25.5. The van der Waals surface area contributed by atoms with Gasteiger partial charge < -0.3 is 15.2 Å². The molecule has 1 aliphatic rings. The van der Waals surface area contributed by atoms with Gasteiger partial charge in [0.25, 0.3) is 0 Å². The average molecular weight is 502 g/mol. The number of hydrogen-bond donors (Lipinski definition) is 1. The van der Waals surface area contributed by atoms with Gasteiger partial charge in [0.2, 0.25) is 0 Å². The molecule has 37 heavy (non-hydrogen) atoms. The number of para-hydroxylation sites is 1. The lowest BCUT2D eigenvalue weighted by Crippen LogP contribution is -2.24. The number of nitrogen functional groups attached to an aromatic ring is 1. The summed E-state index contributed by atoms with van der Waals surface area (Å²) in [6, 6.07) is 13.0. The van der Waals surface area contributed by atoms with Gasteiger partial charge in [-0.2, -0.15) is 0 Å². The summed E-state index contributed by atoms with van der Waals surface area (Å²) in [6.07, 6.45) is 4.04. The number of aromatic nitrogens is 6. The molecule has 2 atom stereocenters. The predicted octanol–water partition coefficient (Wildman–Crippen LogP) is 4.67. The van der Waals surface area contributed by atoms with Gasteiger partial charge >= 0.3 is 0 Å². The van der Waals surface area contributed by atoms with Crippen LogP contribution in [-0.2, 0) is 9.47 Å². The molecule has 0 saturated carbocycles. The molecule has 0 radical (unpaired) electrons. The first-order valence-corrected chi connectivity index (χ1v) is 12.4. The first-order valence-electron chi connectivity index (χ1n) is 12.4. The standard InChI is InChI=1S/C27H28FN7O2/c1-16-19(28)11-12-20-23(16)34(17-8-4-3-5-9-17)25(32-20)18(14-36-2)26-33-22-24(29)30-15-31-27(22)35(26)21-10-6-7-13-37-21/h3-5,8-9,11-12,15,18,21H,6-7,10,13-14H2,1-2H3,(H2,29,30,31)/t18-,21?/m1/s1. The molecule has 0 amide bonds. The molecule has 0 spiro atoms. The van der Waals surface area contributed by atoms with Crippen molar-refractivity contribution < 1.29 is 13.9 Å². The van der Waals surface area contributed by atoms with Crippen molar-refractivity contribution in [3.8, 4) is 5.69 Å². The van der Waals surface area contributed by atoms with E-state index in [1.807, 2.05) is 39.5 Å². The van der Waals surface area contributed by atoms with Crippen molar-refractivity contribution >= 4 is 28.0 Å². The summed E-state index contributed by atoms with van der Waals surface area (Å²) in [5, 5.41) is 0. The van der Waals surface area contributed by atoms with E-state index in [4.69, 9.17) is 25.2 Å². The van der Waals surface area contributed by atoms with Crippen LogP contribution in [0.4, 0.5) is 10.2 Å². The van der Waals surface area contributed by atoms with Crippen LogP contribution >= 0.6 is 0 Å². The van der Waals surface area contributed by atoms with E-state index < -0.39 is 5.92 Å². The number of aryl methyl sites for hydroxylation is 1. The topological polar surface area (TPSA) is 106 Å². The van der Waals surface area contributed by atoms with Crippen LogP contribution in [0.15, 0.2) is 48.8 Å². The summed E-state index contributed by atoms with van der Waals surface area (Å²) in [5.41, 5.74) is 10.1. The van der Waals surface area contributed by atoms with Crippen LogP contribution in [-0.4, -0.2) is 49.4 Å². The van der Waals surface area contributed by atoms with Crippen molar-refractivity contribution in [3.63, 3.8) is 0 Å². The second-order valence-corrected chi connectivity index (χ2v) is 9.28. The zero-order valence-electron chi connectivity index (χ0n) is 20.8. The van der Waals surface area contributed by atoms with Crippen LogP contribution in [0.3, 0.4) is 0 Å². The van der Waals surface area contributed by atoms with E-state index in [0.29, 0.717) is 51.8 Å². The number of nitrogens with zero attached hydrogens (tertiary/aromatic N) is 6. The number of imidazole rings is 2. The molecule has 1 aliphatic heterocycles. The Kier molecular flexibility index (Phi) is 6.05. The SMILES string of the molecule is COC[C@H](c1nc2ccc(F)c(C)c2n1-c1ccccc1)c1nc2c(N)ncnc2n1C1CCCCO1. The molecular weight excluding hydrogens is 473 g/mol. The fraction of sp³-hybridized carbons (Fsp3) is 0.333. The number of methoxy groups -OCH3 is 1. The quantitative estimate of drug-likeness (QED) is 0.360. The highest BCUT2D eigenvalue weighted by Crippen LogP contribution is 2.37. The largest absolute Gasteiger partial charge is 0.383 e. The number of halogens is 1. The molecule has 0 bridgehead atoms. The van der Waals surface area contributed by atoms with Gasteiger partial charge in [-0.3, -0.25) is 9.13 Å². The van der Waals surface area contributed by atoms with Gasteiger partial charge in [0.15, 0.2) is 17.0 Å². The van der Waals surface area contributed by atoms with Crippen LogP contribution in [0.2, 0.25) is 0 Å². The minimum Gasteiger partial charge on any atom is -0.383 e. The normalized spacial score (nSPS) is 17.0. The van der Waals surface area contributed by atoms with Crippen molar-refractivity contribution in [3.05, 3.63) is 71.8 Å². The molecule has 1 fully saturated rings. The lowest BCUT2D eigenvalue weighted by Gasteiger charge is -2.27. The summed E-state index contributed by atoms with van der Waals surface area (Å²) in [6.45, 7) is 2.71. The van der Waals surface area contributed by atoms with Crippen molar-refractivity contribution in [2.75, 3.05) is 26.1 Å². The third-order valence-corrected chi connectivity index (χ3v) is 6.98. The van der Waals surface area contributed by atoms with Crippen molar-refractivity contribution in [1.82, 2.24) is 29.1 Å². The Labute approximate surface area is 213 Å². The lowest BCUT2D eigenvalue weighted by atomic mass is 10.1. The Morgan fingerprint density at radius 3 is 2.70 bits per heavy atom. The van der Waals surface area contributed by atoms with E-state index in [1.54, 1.807) is 20.1 Å². The molecule has 2 N–H and O–H groups in total. The van der Waals surface area contributed by atoms with Crippen molar-refractivity contribution in [1.29, 1.82) is 0 Å². The van der Waals surface area contributed by atoms with E-state index >= 15 is 0 Å². The van der Waals surface area contributed by atoms with Crippen LogP contribution < -0.4 is 5.73 Å². The Morgan fingerprint density at radius 2 is 1.95 bits per heavy atom. The van der Waals surface area contributed by atoms with E-state index in [0.717, 1.165) is 24.9 Å². The number of benzene rings is 2. The molecule has 0 aliphatic carbocycles. The molecule has 1 saturated heterocycles. The summed E-state index contributed by atoms with van der Waals surface area (Å²) in [4.78, 5) is 18.7. The fourth-order valence-corrected chi connectivity index (χ4v) is 5.23. The third kappa shape index (κ3) is 3.93. The van der Waals surface area contributed by atoms with Crippen molar-refractivity contribution in [2.45, 2.75) is 38.3 Å². The summed E-state index contributed by atoms with van der Waals surface area (Å²) in [5.74, 6) is 0.924. The maximum atomic E-state index is 14.8. The molecule has 10 heteroatoms. The smallest absolute Gasteiger partial charge is 0.167 e. The van der Waals surface area contributed by atoms with Gasteiger partial charge in [-0.25, -0.2) is 24.3 Å². The Morgan fingerprint density at radius 1 is 1.11 bits per heavy atom. The summed E-state index contributed by atoms with van der Waals surface area (Å²) >= 11 is 0. The van der Waals surface area contributed by atoms with Crippen molar-refractivity contribution in [2.24, 2.45) is 0 Å². The second kappa shape index (κ2) is 9.53. The van der Waals surface area contributed by atoms with Gasteiger partial charge in [0.05, 0.1) is 23.6 Å². The Hall–Kier alpha value is -3.89. The van der Waals surface area contributed by atoms with E-state index in [9.17, 15) is 4.39 Å². The number of fused-ring (bicyclic) bond motifs is 2. The number of nitrogens with two attached hydrogens (primary N) is 1. The lowest BCUT2D eigenvalue weighted by molar-refractivity contribution is -0.0321. The fourth-order valence-electron chi connectivity index (χ4n) is 5.23. The van der Waals surface area contributed by atoms with E-state index in [1.165, 1.54) is 12.4 Å². The maximum Gasteiger partial charge on any atom is 0.167 e. The van der Waals surface area contributed by atoms with Crippen LogP contribution in [0.25, 0.3) is 27.9 Å². The summed E-state index contributed by atoms with van der Waals surface area (Å²) < 4.78 is 30.7. The van der Waals surface area contributed by atoms with Gasteiger partial charge in [0, 0.05) is 25.0 Å². The molecule has 1 unspecified atom stereocenters. The molecule has 6 rings (SSSR count). The maximum absolute atomic E-state index is 14.8. The minimum atomic E-state index is -0.431. The monoisotopic (exact) mass is 501 g/mol. The second-order valence-electron chi connectivity index (χ2n) is 9.28. The molecule has 9 nitrogen and oxygen atoms in total. The van der Waals surface area contributed by atoms with Gasteiger partial charge in [0.1, 0.15) is 30.0 Å². The number of rotatable bonds is 6. The van der Waals surface area contributed by atoms with Gasteiger partial charge in [-0.1, -0.05) is 18.2 Å². The molecule has 5 aromatic rings. The molecular formula is C27H28FN7O2. The van der Waals surface area contributed by atoms with Gasteiger partial charge in [-0.15, -0.1) is 0 Å². The molecule has 4 heterocycles. The molecule has 2 aromatic carbocycles. The predicted molar refractivity (Wildman–Crippen MR) is 138 cm³/mol. The number of ether oxygens (including phenoxy) is 2. The highest BCUT2D eigenvalue weighted by atomic mass is 19.1. The highest BCUT2D eigenvalue weighted by Gasteiger charge is 2.33. The van der Waals surface area contributed by atoms with E-state index in [2.05, 4.69) is 9.97 Å². The number of anilines is 1.